The fourth-order valence-electron chi connectivity index (χ4n) is 3.12. The summed E-state index contributed by atoms with van der Waals surface area (Å²) in [6.07, 6.45) is 0. The van der Waals surface area contributed by atoms with E-state index >= 15 is 0 Å². The number of anilines is 2. The third kappa shape index (κ3) is 6.16. The van der Waals surface area contributed by atoms with Gasteiger partial charge in [0, 0.05) is 48.3 Å². The van der Waals surface area contributed by atoms with Crippen molar-refractivity contribution in [2.75, 3.05) is 48.7 Å². The van der Waals surface area contributed by atoms with Crippen LogP contribution < -0.4 is 10.2 Å². The van der Waals surface area contributed by atoms with Crippen LogP contribution in [-0.4, -0.2) is 49.3 Å². The van der Waals surface area contributed by atoms with Gasteiger partial charge in [-0.1, -0.05) is 30.7 Å². The Kier molecular flexibility index (Phi) is 7.44. The quantitative estimate of drug-likeness (QED) is 0.745. The van der Waals surface area contributed by atoms with E-state index in [1.807, 2.05) is 36.4 Å². The van der Waals surface area contributed by atoms with E-state index < -0.39 is 0 Å². The van der Waals surface area contributed by atoms with Gasteiger partial charge in [-0.15, -0.1) is 11.8 Å². The lowest BCUT2D eigenvalue weighted by Crippen LogP contribution is -2.46. The number of benzene rings is 2. The third-order valence-electron chi connectivity index (χ3n) is 4.75. The number of rotatable bonds is 7. The summed E-state index contributed by atoms with van der Waals surface area (Å²) in [4.78, 5) is 17.0. The van der Waals surface area contributed by atoms with Crippen LogP contribution in [0.25, 0.3) is 0 Å². The zero-order chi connectivity index (χ0) is 19.1. The first kappa shape index (κ1) is 20.1. The third-order valence-corrected chi connectivity index (χ3v) is 6.01. The average Bonchev–Trinajstić information content (AvgIpc) is 2.70. The predicted octanol–water partition coefficient (Wildman–Crippen LogP) is 4.35. The van der Waals surface area contributed by atoms with Gasteiger partial charge < -0.3 is 15.1 Å². The smallest absolute Gasteiger partial charge is 0.234 e. The van der Waals surface area contributed by atoms with E-state index in [1.165, 1.54) is 11.3 Å². The van der Waals surface area contributed by atoms with Crippen molar-refractivity contribution in [1.82, 2.24) is 4.90 Å². The predicted molar refractivity (Wildman–Crippen MR) is 117 cm³/mol. The van der Waals surface area contributed by atoms with Crippen molar-refractivity contribution in [1.29, 1.82) is 0 Å². The van der Waals surface area contributed by atoms with Crippen LogP contribution >= 0.6 is 23.4 Å². The zero-order valence-corrected chi connectivity index (χ0v) is 17.2. The molecule has 2 aromatic rings. The molecule has 1 aliphatic heterocycles. The molecule has 144 valence electrons. The molecular weight excluding hydrogens is 378 g/mol. The van der Waals surface area contributed by atoms with Crippen molar-refractivity contribution < 1.29 is 4.79 Å². The van der Waals surface area contributed by atoms with Crippen LogP contribution in [0, 0.1) is 0 Å². The first-order chi connectivity index (χ1) is 13.1. The van der Waals surface area contributed by atoms with Crippen molar-refractivity contribution >= 4 is 40.6 Å². The maximum Gasteiger partial charge on any atom is 0.234 e. The second kappa shape index (κ2) is 10.0. The lowest BCUT2D eigenvalue weighted by atomic mass is 10.2. The van der Waals surface area contributed by atoms with Crippen molar-refractivity contribution in [2.24, 2.45) is 0 Å². The molecule has 6 heteroatoms. The largest absolute Gasteiger partial charge is 0.369 e. The van der Waals surface area contributed by atoms with Crippen LogP contribution in [0.3, 0.4) is 0 Å². The highest BCUT2D eigenvalue weighted by Crippen LogP contribution is 2.20. The van der Waals surface area contributed by atoms with E-state index in [2.05, 4.69) is 34.2 Å². The summed E-state index contributed by atoms with van der Waals surface area (Å²) in [7, 11) is 0. The molecule has 2 aromatic carbocycles. The van der Waals surface area contributed by atoms with Crippen molar-refractivity contribution in [2.45, 2.75) is 12.7 Å². The van der Waals surface area contributed by atoms with E-state index in [-0.39, 0.29) is 5.91 Å². The standard InChI is InChI=1S/C21H26ClN3OS/c1-2-24-11-13-25(14-12-24)20-9-7-19(8-10-20)23-21(26)16-27-15-17-3-5-18(22)6-4-17/h3-10H,2,11-16H2,1H3,(H,23,26). The lowest BCUT2D eigenvalue weighted by Gasteiger charge is -2.35. The summed E-state index contributed by atoms with van der Waals surface area (Å²) in [6.45, 7) is 7.66. The highest BCUT2D eigenvalue weighted by molar-refractivity contribution is 7.99. The fraction of sp³-hybridized carbons (Fsp3) is 0.381. The number of piperazine rings is 1. The Morgan fingerprint density at radius 2 is 1.70 bits per heavy atom. The number of halogens is 1. The highest BCUT2D eigenvalue weighted by Gasteiger charge is 2.15. The van der Waals surface area contributed by atoms with Gasteiger partial charge in [0.1, 0.15) is 0 Å². The number of nitrogens with zero attached hydrogens (tertiary/aromatic N) is 2. The second-order valence-corrected chi connectivity index (χ2v) is 8.06. The molecule has 0 saturated carbocycles. The number of nitrogens with one attached hydrogen (secondary N) is 1. The van der Waals surface area contributed by atoms with Crippen LogP contribution in [0.1, 0.15) is 12.5 Å². The second-order valence-electron chi connectivity index (χ2n) is 6.64. The van der Waals surface area contributed by atoms with Gasteiger partial charge in [-0.05, 0) is 48.5 Å². The van der Waals surface area contributed by atoms with E-state index in [1.54, 1.807) is 11.8 Å². The maximum atomic E-state index is 12.1. The Bertz CT molecular complexity index is 728. The number of likely N-dealkylation sites (N-methyl/N-ethyl adjacent to an activating group) is 1. The molecule has 1 amide bonds. The summed E-state index contributed by atoms with van der Waals surface area (Å²) in [5, 5.41) is 3.71. The summed E-state index contributed by atoms with van der Waals surface area (Å²) < 4.78 is 0. The number of amides is 1. The molecule has 0 bridgehead atoms. The summed E-state index contributed by atoms with van der Waals surface area (Å²) in [5.74, 6) is 1.26. The molecule has 1 aliphatic rings. The van der Waals surface area contributed by atoms with Gasteiger partial charge in [-0.25, -0.2) is 0 Å². The number of carbonyl (C=O) groups is 1. The minimum Gasteiger partial charge on any atom is -0.369 e. The van der Waals surface area contributed by atoms with Gasteiger partial charge in [0.25, 0.3) is 0 Å². The molecule has 1 N–H and O–H groups in total. The average molecular weight is 404 g/mol. The molecule has 4 nitrogen and oxygen atoms in total. The number of hydrogen-bond acceptors (Lipinski definition) is 4. The number of hydrogen-bond donors (Lipinski definition) is 1. The van der Waals surface area contributed by atoms with Crippen molar-refractivity contribution in [3.05, 3.63) is 59.1 Å². The molecule has 0 aromatic heterocycles. The molecule has 0 unspecified atom stereocenters. The molecule has 3 rings (SSSR count). The van der Waals surface area contributed by atoms with Gasteiger partial charge in [-0.2, -0.15) is 0 Å². The molecular formula is C21H26ClN3OS. The van der Waals surface area contributed by atoms with E-state index in [0.717, 1.165) is 49.2 Å². The van der Waals surface area contributed by atoms with Gasteiger partial charge >= 0.3 is 0 Å². The molecule has 1 heterocycles. The fourth-order valence-corrected chi connectivity index (χ4v) is 4.03. The molecule has 0 spiro atoms. The summed E-state index contributed by atoms with van der Waals surface area (Å²) in [6, 6.07) is 15.9. The molecule has 0 aliphatic carbocycles. The Balaban J connectivity index is 1.42. The maximum absolute atomic E-state index is 12.1. The summed E-state index contributed by atoms with van der Waals surface area (Å²) in [5.41, 5.74) is 3.24. The monoisotopic (exact) mass is 403 g/mol. The molecule has 1 fully saturated rings. The first-order valence-corrected chi connectivity index (χ1v) is 10.9. The number of thioether (sulfide) groups is 1. The topological polar surface area (TPSA) is 35.6 Å². The first-order valence-electron chi connectivity index (χ1n) is 9.33. The molecule has 1 saturated heterocycles. The normalized spacial score (nSPS) is 15.0. The number of carbonyl (C=O) groups excluding carboxylic acids is 1. The highest BCUT2D eigenvalue weighted by atomic mass is 35.5. The molecule has 0 radical (unpaired) electrons. The van der Waals surface area contributed by atoms with Crippen LogP contribution in [0.2, 0.25) is 5.02 Å². The van der Waals surface area contributed by atoms with Crippen LogP contribution in [-0.2, 0) is 10.5 Å². The van der Waals surface area contributed by atoms with Crippen LogP contribution in [0.15, 0.2) is 48.5 Å². The minimum atomic E-state index is 0.0262. The Morgan fingerprint density at radius 1 is 1.04 bits per heavy atom. The van der Waals surface area contributed by atoms with E-state index in [0.29, 0.717) is 5.75 Å². The van der Waals surface area contributed by atoms with Crippen molar-refractivity contribution in [3.8, 4) is 0 Å². The van der Waals surface area contributed by atoms with E-state index in [9.17, 15) is 4.79 Å². The van der Waals surface area contributed by atoms with Gasteiger partial charge in [-0.3, -0.25) is 4.79 Å². The van der Waals surface area contributed by atoms with Gasteiger partial charge in [0.05, 0.1) is 5.75 Å². The van der Waals surface area contributed by atoms with Gasteiger partial charge in [0.2, 0.25) is 5.91 Å². The minimum absolute atomic E-state index is 0.0262. The van der Waals surface area contributed by atoms with Crippen LogP contribution in [0.4, 0.5) is 11.4 Å². The van der Waals surface area contributed by atoms with Crippen molar-refractivity contribution in [3.63, 3.8) is 0 Å². The Hall–Kier alpha value is -1.69. The SMILES string of the molecule is CCN1CCN(c2ccc(NC(=O)CSCc3ccc(Cl)cc3)cc2)CC1. The Morgan fingerprint density at radius 3 is 2.33 bits per heavy atom. The zero-order valence-electron chi connectivity index (χ0n) is 15.7. The molecule has 0 atom stereocenters. The van der Waals surface area contributed by atoms with Gasteiger partial charge in [0.15, 0.2) is 0 Å². The van der Waals surface area contributed by atoms with E-state index in [4.69, 9.17) is 11.6 Å². The Labute approximate surface area is 170 Å². The lowest BCUT2D eigenvalue weighted by molar-refractivity contribution is -0.113. The summed E-state index contributed by atoms with van der Waals surface area (Å²) >= 11 is 7.48. The molecule has 27 heavy (non-hydrogen) atoms. The van der Waals surface area contributed by atoms with Crippen LogP contribution in [0.5, 0.6) is 0 Å².